The Morgan fingerprint density at radius 2 is 1.76 bits per heavy atom. The summed E-state index contributed by atoms with van der Waals surface area (Å²) in [5.74, 6) is -0.276. The van der Waals surface area contributed by atoms with Crippen molar-refractivity contribution in [3.63, 3.8) is 0 Å². The van der Waals surface area contributed by atoms with Gasteiger partial charge in [0.05, 0.1) is 11.6 Å². The molecule has 0 aliphatic carbocycles. The lowest BCUT2D eigenvalue weighted by Gasteiger charge is -2.36. The number of nitrogens with zero attached hydrogens (tertiary/aromatic N) is 1. The second kappa shape index (κ2) is 13.0. The lowest BCUT2D eigenvalue weighted by atomic mass is 9.79. The summed E-state index contributed by atoms with van der Waals surface area (Å²) in [6, 6.07) is 19.6. The van der Waals surface area contributed by atoms with Crippen LogP contribution in [0.5, 0.6) is 0 Å². The molecule has 3 amide bonds. The molecule has 3 aromatic carbocycles. The number of anilines is 1. The Hall–Kier alpha value is -3.29. The number of urea groups is 1. The minimum absolute atomic E-state index is 0.0234. The molecular weight excluding hydrogens is 528 g/mol. The first-order valence-electron chi connectivity index (χ1n) is 12.6. The van der Waals surface area contributed by atoms with Crippen LogP contribution in [0, 0.1) is 11.7 Å². The average molecular weight is 558 g/mol. The Balaban J connectivity index is 1.48. The van der Waals surface area contributed by atoms with Crippen molar-refractivity contribution in [3.05, 3.63) is 88.2 Å². The predicted molar refractivity (Wildman–Crippen MR) is 149 cm³/mol. The van der Waals surface area contributed by atoms with Crippen LogP contribution in [0.3, 0.4) is 0 Å². The molecule has 1 saturated heterocycles. The summed E-state index contributed by atoms with van der Waals surface area (Å²) < 4.78 is 18.6. The number of halogens is 3. The fourth-order valence-corrected chi connectivity index (χ4v) is 5.17. The molecule has 1 unspecified atom stereocenters. The summed E-state index contributed by atoms with van der Waals surface area (Å²) in [6.45, 7) is 3.73. The van der Waals surface area contributed by atoms with Gasteiger partial charge >= 0.3 is 12.1 Å². The van der Waals surface area contributed by atoms with E-state index in [9.17, 15) is 14.0 Å². The molecule has 3 aromatic rings. The largest absolute Gasteiger partial charge is 0.450 e. The van der Waals surface area contributed by atoms with Crippen molar-refractivity contribution < 1.29 is 18.7 Å². The molecule has 0 bridgehead atoms. The summed E-state index contributed by atoms with van der Waals surface area (Å²) in [4.78, 5) is 26.6. The number of ether oxygens (including phenoxy) is 1. The number of benzene rings is 3. The maximum Gasteiger partial charge on any atom is 0.409 e. The third-order valence-electron chi connectivity index (χ3n) is 6.79. The summed E-state index contributed by atoms with van der Waals surface area (Å²) in [7, 11) is 0. The lowest BCUT2D eigenvalue weighted by Crippen LogP contribution is -2.42. The quantitative estimate of drug-likeness (QED) is 0.314. The van der Waals surface area contributed by atoms with Gasteiger partial charge in [-0.15, -0.1) is 0 Å². The zero-order valence-corrected chi connectivity index (χ0v) is 22.6. The Morgan fingerprint density at radius 1 is 1.03 bits per heavy atom. The van der Waals surface area contributed by atoms with Gasteiger partial charge in [0.15, 0.2) is 0 Å². The SMILES string of the molecule is CCOC(=O)N1CCC(C(CNC(=O)Nc2ccc(F)c(Cl)c2)c2ccc(-c3cccc(Cl)c3)cc2)CC1. The number of rotatable bonds is 7. The molecule has 1 heterocycles. The molecule has 1 aliphatic heterocycles. The molecule has 1 atom stereocenters. The first-order chi connectivity index (χ1) is 18.3. The molecule has 1 fully saturated rings. The minimum Gasteiger partial charge on any atom is -0.450 e. The van der Waals surface area contributed by atoms with Gasteiger partial charge in [-0.2, -0.15) is 0 Å². The standard InChI is InChI=1S/C29H30Cl2FN3O3/c1-2-38-29(37)35-14-12-21(13-15-35)25(18-33-28(36)34-24-10-11-27(32)26(31)17-24)20-8-6-19(7-9-20)22-4-3-5-23(30)16-22/h3-11,16-17,21,25H,2,12-15,18H2,1H3,(H2,33,34,36). The van der Waals surface area contributed by atoms with Crippen LogP contribution < -0.4 is 10.6 Å². The smallest absolute Gasteiger partial charge is 0.409 e. The highest BCUT2D eigenvalue weighted by molar-refractivity contribution is 6.31. The van der Waals surface area contributed by atoms with E-state index in [4.69, 9.17) is 27.9 Å². The fourth-order valence-electron chi connectivity index (χ4n) is 4.80. The summed E-state index contributed by atoms with van der Waals surface area (Å²) in [5, 5.41) is 6.28. The van der Waals surface area contributed by atoms with Crippen molar-refractivity contribution in [1.29, 1.82) is 0 Å². The first kappa shape index (κ1) is 27.7. The summed E-state index contributed by atoms with van der Waals surface area (Å²) in [5.41, 5.74) is 3.57. The molecule has 4 rings (SSSR count). The number of amides is 3. The predicted octanol–water partition coefficient (Wildman–Crippen LogP) is 7.57. The second-order valence-corrected chi connectivity index (χ2v) is 10.1. The van der Waals surface area contributed by atoms with Gasteiger partial charge < -0.3 is 20.3 Å². The van der Waals surface area contributed by atoms with Crippen LogP contribution in [-0.4, -0.2) is 43.3 Å². The maximum absolute atomic E-state index is 13.5. The molecule has 0 aromatic heterocycles. The number of nitrogens with one attached hydrogen (secondary N) is 2. The highest BCUT2D eigenvalue weighted by atomic mass is 35.5. The number of hydrogen-bond donors (Lipinski definition) is 2. The van der Waals surface area contributed by atoms with Gasteiger partial charge in [0.1, 0.15) is 5.82 Å². The van der Waals surface area contributed by atoms with Crippen LogP contribution in [0.25, 0.3) is 11.1 Å². The van der Waals surface area contributed by atoms with Crippen LogP contribution in [-0.2, 0) is 4.74 Å². The topological polar surface area (TPSA) is 70.7 Å². The molecule has 38 heavy (non-hydrogen) atoms. The molecule has 0 saturated carbocycles. The van der Waals surface area contributed by atoms with Gasteiger partial charge in [-0.3, -0.25) is 0 Å². The Kier molecular flexibility index (Phi) is 9.48. The number of carbonyl (C=O) groups excluding carboxylic acids is 2. The van der Waals surface area contributed by atoms with Crippen LogP contribution in [0.2, 0.25) is 10.0 Å². The van der Waals surface area contributed by atoms with Crippen LogP contribution in [0.1, 0.15) is 31.2 Å². The number of hydrogen-bond acceptors (Lipinski definition) is 3. The van der Waals surface area contributed by atoms with E-state index >= 15 is 0 Å². The van der Waals surface area contributed by atoms with Gasteiger partial charge in [-0.05, 0) is 72.7 Å². The van der Waals surface area contributed by atoms with E-state index in [-0.39, 0.29) is 23.0 Å². The zero-order valence-electron chi connectivity index (χ0n) is 21.1. The maximum atomic E-state index is 13.5. The third kappa shape index (κ3) is 7.17. The number of likely N-dealkylation sites (tertiary alicyclic amines) is 1. The zero-order chi connectivity index (χ0) is 27.1. The molecule has 6 nitrogen and oxygen atoms in total. The van der Waals surface area contributed by atoms with Crippen LogP contribution in [0.4, 0.5) is 19.7 Å². The number of piperidine rings is 1. The monoisotopic (exact) mass is 557 g/mol. The normalized spacial score (nSPS) is 14.6. The van der Waals surface area contributed by atoms with Crippen molar-refractivity contribution in [2.24, 2.45) is 5.92 Å². The van der Waals surface area contributed by atoms with Gasteiger partial charge in [0.25, 0.3) is 0 Å². The molecule has 2 N–H and O–H groups in total. The highest BCUT2D eigenvalue weighted by Crippen LogP contribution is 2.34. The van der Waals surface area contributed by atoms with E-state index in [1.807, 2.05) is 24.3 Å². The fraction of sp³-hybridized carbons (Fsp3) is 0.310. The van der Waals surface area contributed by atoms with Crippen molar-refractivity contribution in [3.8, 4) is 11.1 Å². The second-order valence-electron chi connectivity index (χ2n) is 9.23. The van der Waals surface area contributed by atoms with Crippen LogP contribution in [0.15, 0.2) is 66.7 Å². The minimum atomic E-state index is -0.548. The lowest BCUT2D eigenvalue weighted by molar-refractivity contribution is 0.0888. The van der Waals surface area contributed by atoms with E-state index in [2.05, 4.69) is 34.9 Å². The Bertz CT molecular complexity index is 1260. The van der Waals surface area contributed by atoms with E-state index < -0.39 is 11.8 Å². The van der Waals surface area contributed by atoms with Gasteiger partial charge in [0.2, 0.25) is 0 Å². The van der Waals surface area contributed by atoms with Gasteiger partial charge in [-0.1, -0.05) is 59.6 Å². The number of carbonyl (C=O) groups is 2. The van der Waals surface area contributed by atoms with Gasteiger partial charge in [-0.25, -0.2) is 14.0 Å². The Labute approximate surface area is 232 Å². The van der Waals surface area contributed by atoms with Crippen molar-refractivity contribution in [2.45, 2.75) is 25.7 Å². The third-order valence-corrected chi connectivity index (χ3v) is 7.32. The van der Waals surface area contributed by atoms with E-state index in [0.717, 1.165) is 29.5 Å². The van der Waals surface area contributed by atoms with Crippen LogP contribution >= 0.6 is 23.2 Å². The molecule has 0 spiro atoms. The molecule has 200 valence electrons. The van der Waals surface area contributed by atoms with Gasteiger partial charge in [0, 0.05) is 36.3 Å². The first-order valence-corrected chi connectivity index (χ1v) is 13.4. The summed E-state index contributed by atoms with van der Waals surface area (Å²) >= 11 is 12.0. The van der Waals surface area contributed by atoms with E-state index in [1.54, 1.807) is 11.8 Å². The molecular formula is C29H30Cl2FN3O3. The highest BCUT2D eigenvalue weighted by Gasteiger charge is 2.30. The van der Waals surface area contributed by atoms with E-state index in [0.29, 0.717) is 37.0 Å². The summed E-state index contributed by atoms with van der Waals surface area (Å²) in [6.07, 6.45) is 1.29. The van der Waals surface area contributed by atoms with E-state index in [1.165, 1.54) is 18.2 Å². The van der Waals surface area contributed by atoms with Crippen molar-refractivity contribution in [2.75, 3.05) is 31.6 Å². The average Bonchev–Trinajstić information content (AvgIpc) is 2.92. The van der Waals surface area contributed by atoms with Crippen molar-refractivity contribution in [1.82, 2.24) is 10.2 Å². The van der Waals surface area contributed by atoms with Crippen molar-refractivity contribution >= 4 is 41.0 Å². The molecule has 0 radical (unpaired) electrons. The molecule has 1 aliphatic rings. The molecule has 9 heteroatoms. The Morgan fingerprint density at radius 3 is 2.42 bits per heavy atom.